The van der Waals surface area contributed by atoms with E-state index in [0.29, 0.717) is 5.56 Å². The van der Waals surface area contributed by atoms with Gasteiger partial charge in [-0.3, -0.25) is 4.79 Å². The summed E-state index contributed by atoms with van der Waals surface area (Å²) in [6, 6.07) is 7.95. The number of nitrogens with zero attached hydrogens (tertiary/aromatic N) is 4. The van der Waals surface area contributed by atoms with E-state index < -0.39 is 0 Å². The topological polar surface area (TPSA) is 49.3 Å². The fourth-order valence-corrected chi connectivity index (χ4v) is 4.03. The van der Waals surface area contributed by atoms with Crippen molar-refractivity contribution in [2.75, 3.05) is 36.0 Å². The van der Waals surface area contributed by atoms with Crippen molar-refractivity contribution < 1.29 is 9.18 Å². The van der Waals surface area contributed by atoms with Gasteiger partial charge in [0.15, 0.2) is 5.78 Å². The molecule has 3 heterocycles. The summed E-state index contributed by atoms with van der Waals surface area (Å²) in [5, 5.41) is 0. The molecule has 0 atom stereocenters. The number of piperidine rings is 2. The molecule has 0 spiro atoms. The van der Waals surface area contributed by atoms with Crippen LogP contribution < -0.4 is 9.80 Å². The van der Waals surface area contributed by atoms with E-state index >= 15 is 0 Å². The molecular weight excluding hydrogens is 343 g/mol. The van der Waals surface area contributed by atoms with Crippen molar-refractivity contribution in [2.45, 2.75) is 32.1 Å². The minimum absolute atomic E-state index is 0.00452. The summed E-state index contributed by atoms with van der Waals surface area (Å²) < 4.78 is 13.1. The van der Waals surface area contributed by atoms with Crippen molar-refractivity contribution in [3.63, 3.8) is 0 Å². The van der Waals surface area contributed by atoms with Gasteiger partial charge in [0, 0.05) is 43.7 Å². The summed E-state index contributed by atoms with van der Waals surface area (Å²) >= 11 is 0. The van der Waals surface area contributed by atoms with E-state index in [-0.39, 0.29) is 17.5 Å². The first-order chi connectivity index (χ1) is 13.2. The van der Waals surface area contributed by atoms with Gasteiger partial charge < -0.3 is 9.80 Å². The molecule has 2 fully saturated rings. The van der Waals surface area contributed by atoms with Gasteiger partial charge in [-0.25, -0.2) is 14.4 Å². The molecule has 1 aromatic heterocycles. The molecule has 1 aromatic carbocycles. The molecule has 6 heteroatoms. The van der Waals surface area contributed by atoms with Crippen LogP contribution >= 0.6 is 0 Å². The largest absolute Gasteiger partial charge is 0.356 e. The Labute approximate surface area is 159 Å². The van der Waals surface area contributed by atoms with Gasteiger partial charge in [0.1, 0.15) is 23.8 Å². The van der Waals surface area contributed by atoms with Gasteiger partial charge in [0.25, 0.3) is 0 Å². The predicted molar refractivity (Wildman–Crippen MR) is 104 cm³/mol. The van der Waals surface area contributed by atoms with Crippen molar-refractivity contribution in [3.8, 4) is 0 Å². The highest BCUT2D eigenvalue weighted by molar-refractivity contribution is 5.97. The number of carbonyl (C=O) groups is 1. The molecule has 0 radical (unpaired) electrons. The van der Waals surface area contributed by atoms with Crippen molar-refractivity contribution in [2.24, 2.45) is 5.92 Å². The molecule has 0 aliphatic carbocycles. The zero-order valence-corrected chi connectivity index (χ0v) is 15.5. The molecule has 2 aliphatic rings. The Bertz CT molecular complexity index is 781. The van der Waals surface area contributed by atoms with Gasteiger partial charge in [-0.2, -0.15) is 0 Å². The summed E-state index contributed by atoms with van der Waals surface area (Å²) in [5.74, 6) is 1.75. The van der Waals surface area contributed by atoms with Crippen molar-refractivity contribution in [1.29, 1.82) is 0 Å². The van der Waals surface area contributed by atoms with Crippen molar-refractivity contribution in [3.05, 3.63) is 48.0 Å². The smallest absolute Gasteiger partial charge is 0.166 e. The second-order valence-electron chi connectivity index (χ2n) is 7.41. The number of rotatable bonds is 4. The number of benzene rings is 1. The SMILES string of the molecule is O=C(c1ccc(F)cc1)C1CCN(c2cc(N3CCCCC3)ncn2)CC1. The number of ketones is 1. The minimum Gasteiger partial charge on any atom is -0.356 e. The summed E-state index contributed by atoms with van der Waals surface area (Å²) in [6.45, 7) is 3.72. The molecular formula is C21H25FN4O. The van der Waals surface area contributed by atoms with E-state index in [1.54, 1.807) is 18.5 Å². The lowest BCUT2D eigenvalue weighted by atomic mass is 9.89. The molecule has 0 unspecified atom stereocenters. The molecule has 2 aromatic rings. The van der Waals surface area contributed by atoms with Gasteiger partial charge in [0.2, 0.25) is 0 Å². The maximum Gasteiger partial charge on any atom is 0.166 e. The number of Topliss-reactive ketones (excluding diaryl/α,β-unsaturated/α-hetero) is 1. The second-order valence-corrected chi connectivity index (χ2v) is 7.41. The van der Waals surface area contributed by atoms with Crippen molar-refractivity contribution in [1.82, 2.24) is 9.97 Å². The normalized spacial score (nSPS) is 18.6. The van der Waals surface area contributed by atoms with Crippen LogP contribution in [0.2, 0.25) is 0 Å². The lowest BCUT2D eigenvalue weighted by molar-refractivity contribution is 0.0900. The van der Waals surface area contributed by atoms with E-state index in [4.69, 9.17) is 0 Å². The van der Waals surface area contributed by atoms with E-state index in [1.807, 2.05) is 0 Å². The third kappa shape index (κ3) is 4.10. The zero-order chi connectivity index (χ0) is 18.6. The van der Waals surface area contributed by atoms with E-state index in [2.05, 4.69) is 25.8 Å². The van der Waals surface area contributed by atoms with Gasteiger partial charge in [-0.05, 0) is 56.4 Å². The number of anilines is 2. The van der Waals surface area contributed by atoms with E-state index in [1.165, 1.54) is 31.4 Å². The molecule has 0 saturated carbocycles. The lowest BCUT2D eigenvalue weighted by Crippen LogP contribution is -2.37. The molecule has 5 nitrogen and oxygen atoms in total. The maximum atomic E-state index is 13.1. The number of hydrogen-bond acceptors (Lipinski definition) is 5. The highest BCUT2D eigenvalue weighted by Gasteiger charge is 2.27. The zero-order valence-electron chi connectivity index (χ0n) is 15.5. The Balaban J connectivity index is 1.39. The van der Waals surface area contributed by atoms with Gasteiger partial charge in [-0.15, -0.1) is 0 Å². The number of hydrogen-bond donors (Lipinski definition) is 0. The Hall–Kier alpha value is -2.50. The summed E-state index contributed by atoms with van der Waals surface area (Å²) in [5.41, 5.74) is 0.601. The lowest BCUT2D eigenvalue weighted by Gasteiger charge is -2.33. The minimum atomic E-state index is -0.311. The third-order valence-corrected chi connectivity index (χ3v) is 5.64. The standard InChI is InChI=1S/C21H25FN4O/c22-18-6-4-16(5-7-18)21(27)17-8-12-26(13-9-17)20-14-19(23-15-24-20)25-10-2-1-3-11-25/h4-7,14-15,17H,1-3,8-13H2. The van der Waals surface area contributed by atoms with Gasteiger partial charge in [-0.1, -0.05) is 0 Å². The maximum absolute atomic E-state index is 13.1. The summed E-state index contributed by atoms with van der Waals surface area (Å²) in [7, 11) is 0. The molecule has 142 valence electrons. The average Bonchev–Trinajstić information content (AvgIpc) is 2.75. The molecule has 0 bridgehead atoms. The molecule has 2 aliphatic heterocycles. The van der Waals surface area contributed by atoms with Crippen LogP contribution in [0.5, 0.6) is 0 Å². The number of carbonyl (C=O) groups excluding carboxylic acids is 1. The van der Waals surface area contributed by atoms with Crippen molar-refractivity contribution >= 4 is 17.4 Å². The van der Waals surface area contributed by atoms with Crippen LogP contribution in [0.1, 0.15) is 42.5 Å². The van der Waals surface area contributed by atoms with Crippen LogP contribution in [-0.2, 0) is 0 Å². The Morgan fingerprint density at radius 2 is 1.48 bits per heavy atom. The molecule has 0 amide bonds. The quantitative estimate of drug-likeness (QED) is 0.770. The summed E-state index contributed by atoms with van der Waals surface area (Å²) in [4.78, 5) is 26.1. The highest BCUT2D eigenvalue weighted by atomic mass is 19.1. The Kier molecular flexibility index (Phi) is 5.32. The molecule has 27 heavy (non-hydrogen) atoms. The molecule has 0 N–H and O–H groups in total. The van der Waals surface area contributed by atoms with Crippen LogP contribution in [0.4, 0.5) is 16.0 Å². The molecule has 2 saturated heterocycles. The number of halogens is 1. The van der Waals surface area contributed by atoms with E-state index in [9.17, 15) is 9.18 Å². The fourth-order valence-electron chi connectivity index (χ4n) is 4.03. The fraction of sp³-hybridized carbons (Fsp3) is 0.476. The highest BCUT2D eigenvalue weighted by Crippen LogP contribution is 2.27. The van der Waals surface area contributed by atoms with Gasteiger partial charge in [0.05, 0.1) is 0 Å². The first-order valence-electron chi connectivity index (χ1n) is 9.82. The average molecular weight is 368 g/mol. The number of aromatic nitrogens is 2. The molecule has 4 rings (SSSR count). The van der Waals surface area contributed by atoms with Crippen LogP contribution in [0, 0.1) is 11.7 Å². The first-order valence-corrected chi connectivity index (χ1v) is 9.82. The summed E-state index contributed by atoms with van der Waals surface area (Å²) in [6.07, 6.45) is 6.96. The first kappa shape index (κ1) is 17.9. The van der Waals surface area contributed by atoms with Crippen LogP contribution in [0.25, 0.3) is 0 Å². The van der Waals surface area contributed by atoms with Crippen LogP contribution in [0.3, 0.4) is 0 Å². The van der Waals surface area contributed by atoms with Gasteiger partial charge >= 0.3 is 0 Å². The monoisotopic (exact) mass is 368 g/mol. The Morgan fingerprint density at radius 3 is 2.11 bits per heavy atom. The second kappa shape index (κ2) is 8.03. The third-order valence-electron chi connectivity index (χ3n) is 5.64. The van der Waals surface area contributed by atoms with E-state index in [0.717, 1.165) is 50.7 Å². The van der Waals surface area contributed by atoms with Crippen LogP contribution in [-0.4, -0.2) is 41.9 Å². The van der Waals surface area contributed by atoms with Crippen LogP contribution in [0.15, 0.2) is 36.7 Å². The Morgan fingerprint density at radius 1 is 0.889 bits per heavy atom. The predicted octanol–water partition coefficient (Wildman–Crippen LogP) is 3.71.